The minimum Gasteiger partial charge on any atom is -0.497 e. The van der Waals surface area contributed by atoms with Crippen LogP contribution in [0.25, 0.3) is 20.7 Å². The Hall–Kier alpha value is -2.23. The summed E-state index contributed by atoms with van der Waals surface area (Å²) in [5, 5.41) is 0. The summed E-state index contributed by atoms with van der Waals surface area (Å²) in [5.74, 6) is 2.45. The predicted molar refractivity (Wildman–Crippen MR) is 120 cm³/mol. The molecule has 1 atom stereocenters. The number of aromatic nitrogens is 2. The minimum atomic E-state index is -2.85. The molecular formula is C21H24N4O3S2. The largest absolute Gasteiger partial charge is 0.497 e. The maximum absolute atomic E-state index is 11.8. The fourth-order valence-electron chi connectivity index (χ4n) is 4.33. The van der Waals surface area contributed by atoms with Crippen molar-refractivity contribution < 1.29 is 13.2 Å². The van der Waals surface area contributed by atoms with Crippen molar-refractivity contribution in [3.05, 3.63) is 36.7 Å². The Balaban J connectivity index is 1.35. The SMILES string of the molecule is COc1ccc(-c2cc3ncnc(N4CCN(C5CCS(=O)(=O)C5)CC4)c3s2)cc1. The van der Waals surface area contributed by atoms with Crippen LogP contribution in [-0.4, -0.2) is 74.1 Å². The van der Waals surface area contributed by atoms with Gasteiger partial charge in [0.1, 0.15) is 17.9 Å². The van der Waals surface area contributed by atoms with Crippen LogP contribution in [0.2, 0.25) is 0 Å². The van der Waals surface area contributed by atoms with Gasteiger partial charge in [0.15, 0.2) is 9.84 Å². The molecule has 0 N–H and O–H groups in total. The molecule has 0 saturated carbocycles. The number of fused-ring (bicyclic) bond motifs is 1. The van der Waals surface area contributed by atoms with Crippen LogP contribution in [0.4, 0.5) is 5.82 Å². The summed E-state index contributed by atoms with van der Waals surface area (Å²) in [4.78, 5) is 14.9. The Morgan fingerprint density at radius 2 is 1.87 bits per heavy atom. The van der Waals surface area contributed by atoms with Crippen molar-refractivity contribution in [1.82, 2.24) is 14.9 Å². The van der Waals surface area contributed by atoms with Gasteiger partial charge in [-0.25, -0.2) is 18.4 Å². The molecule has 158 valence electrons. The molecule has 2 saturated heterocycles. The van der Waals surface area contributed by atoms with E-state index in [9.17, 15) is 8.42 Å². The highest BCUT2D eigenvalue weighted by Gasteiger charge is 2.34. The highest BCUT2D eigenvalue weighted by molar-refractivity contribution is 7.91. The van der Waals surface area contributed by atoms with E-state index in [-0.39, 0.29) is 6.04 Å². The summed E-state index contributed by atoms with van der Waals surface area (Å²) in [6, 6.07) is 10.3. The molecule has 2 aromatic heterocycles. The monoisotopic (exact) mass is 444 g/mol. The van der Waals surface area contributed by atoms with E-state index < -0.39 is 9.84 Å². The van der Waals surface area contributed by atoms with Gasteiger partial charge in [-0.2, -0.15) is 0 Å². The van der Waals surface area contributed by atoms with Gasteiger partial charge in [0.25, 0.3) is 0 Å². The number of hydrogen-bond acceptors (Lipinski definition) is 8. The first-order chi connectivity index (χ1) is 14.5. The summed E-state index contributed by atoms with van der Waals surface area (Å²) in [7, 11) is -1.18. The molecular weight excluding hydrogens is 420 g/mol. The van der Waals surface area contributed by atoms with Crippen molar-refractivity contribution in [3.8, 4) is 16.2 Å². The van der Waals surface area contributed by atoms with E-state index in [4.69, 9.17) is 4.74 Å². The van der Waals surface area contributed by atoms with Gasteiger partial charge >= 0.3 is 0 Å². The average molecular weight is 445 g/mol. The first-order valence-electron chi connectivity index (χ1n) is 10.1. The van der Waals surface area contributed by atoms with Crippen molar-refractivity contribution >= 4 is 37.2 Å². The van der Waals surface area contributed by atoms with Crippen molar-refractivity contribution in [2.75, 3.05) is 49.7 Å². The maximum Gasteiger partial charge on any atom is 0.151 e. The average Bonchev–Trinajstić information content (AvgIpc) is 3.37. The number of hydrogen-bond donors (Lipinski definition) is 0. The maximum atomic E-state index is 11.8. The Kier molecular flexibility index (Phi) is 5.12. The first kappa shape index (κ1) is 19.7. The number of ether oxygens (including phenoxy) is 1. The van der Waals surface area contributed by atoms with Crippen LogP contribution in [0.15, 0.2) is 36.7 Å². The molecule has 0 spiro atoms. The Labute approximate surface area is 180 Å². The molecule has 1 aromatic carbocycles. The van der Waals surface area contributed by atoms with Crippen LogP contribution >= 0.6 is 11.3 Å². The molecule has 4 heterocycles. The second-order valence-corrected chi connectivity index (χ2v) is 11.1. The van der Waals surface area contributed by atoms with Gasteiger partial charge in [-0.1, -0.05) is 0 Å². The molecule has 0 radical (unpaired) electrons. The van der Waals surface area contributed by atoms with E-state index in [1.165, 1.54) is 0 Å². The quantitative estimate of drug-likeness (QED) is 0.612. The van der Waals surface area contributed by atoms with Crippen molar-refractivity contribution in [2.24, 2.45) is 0 Å². The highest BCUT2D eigenvalue weighted by Crippen LogP contribution is 2.37. The van der Waals surface area contributed by atoms with Gasteiger partial charge < -0.3 is 9.64 Å². The Morgan fingerprint density at radius 1 is 1.10 bits per heavy atom. The van der Waals surface area contributed by atoms with Crippen LogP contribution in [0.1, 0.15) is 6.42 Å². The normalized spacial score (nSPS) is 21.9. The molecule has 0 amide bonds. The Bertz CT molecular complexity index is 1150. The van der Waals surface area contributed by atoms with Crippen molar-refractivity contribution in [2.45, 2.75) is 12.5 Å². The molecule has 9 heteroatoms. The van der Waals surface area contributed by atoms with Crippen LogP contribution in [0.5, 0.6) is 5.75 Å². The van der Waals surface area contributed by atoms with Crippen LogP contribution < -0.4 is 9.64 Å². The topological polar surface area (TPSA) is 75.6 Å². The third-order valence-corrected chi connectivity index (χ3v) is 8.93. The fraction of sp³-hybridized carbons (Fsp3) is 0.429. The van der Waals surface area contributed by atoms with Gasteiger partial charge in [0.2, 0.25) is 0 Å². The fourth-order valence-corrected chi connectivity index (χ4v) is 7.22. The van der Waals surface area contributed by atoms with E-state index in [2.05, 4.69) is 38.0 Å². The van der Waals surface area contributed by atoms with Gasteiger partial charge in [-0.05, 0) is 42.3 Å². The van der Waals surface area contributed by atoms with Gasteiger partial charge in [0.05, 0.1) is 28.8 Å². The Morgan fingerprint density at radius 3 is 2.53 bits per heavy atom. The van der Waals surface area contributed by atoms with E-state index in [0.717, 1.165) is 64.8 Å². The summed E-state index contributed by atoms with van der Waals surface area (Å²) in [6.07, 6.45) is 2.40. The molecule has 7 nitrogen and oxygen atoms in total. The summed E-state index contributed by atoms with van der Waals surface area (Å²) in [6.45, 7) is 3.42. The number of anilines is 1. The van der Waals surface area contributed by atoms with Crippen molar-refractivity contribution in [3.63, 3.8) is 0 Å². The molecule has 2 fully saturated rings. The zero-order chi connectivity index (χ0) is 20.7. The van der Waals surface area contributed by atoms with Crippen LogP contribution in [0, 0.1) is 0 Å². The van der Waals surface area contributed by atoms with Crippen molar-refractivity contribution in [1.29, 1.82) is 0 Å². The number of benzene rings is 1. The van der Waals surface area contributed by atoms with Crippen LogP contribution in [0.3, 0.4) is 0 Å². The molecule has 3 aromatic rings. The number of piperazine rings is 1. The lowest BCUT2D eigenvalue weighted by atomic mass is 10.2. The number of sulfone groups is 1. The third-order valence-electron chi connectivity index (χ3n) is 6.01. The third kappa shape index (κ3) is 3.77. The second kappa shape index (κ2) is 7.79. The molecule has 5 rings (SSSR count). The van der Waals surface area contributed by atoms with E-state index in [0.29, 0.717) is 11.5 Å². The smallest absolute Gasteiger partial charge is 0.151 e. The van der Waals surface area contributed by atoms with E-state index in [1.807, 2.05) is 12.1 Å². The van der Waals surface area contributed by atoms with Crippen LogP contribution in [-0.2, 0) is 9.84 Å². The molecule has 0 bridgehead atoms. The lowest BCUT2D eigenvalue weighted by Crippen LogP contribution is -2.51. The summed E-state index contributed by atoms with van der Waals surface area (Å²) >= 11 is 1.71. The van der Waals surface area contributed by atoms with Gasteiger partial charge in [0, 0.05) is 37.1 Å². The molecule has 30 heavy (non-hydrogen) atoms. The second-order valence-electron chi connectivity index (χ2n) is 7.83. The molecule has 2 aliphatic rings. The number of nitrogens with zero attached hydrogens (tertiary/aromatic N) is 4. The number of methoxy groups -OCH3 is 1. The zero-order valence-electron chi connectivity index (χ0n) is 16.8. The summed E-state index contributed by atoms with van der Waals surface area (Å²) in [5.41, 5.74) is 2.09. The molecule has 1 unspecified atom stereocenters. The molecule has 0 aliphatic carbocycles. The van der Waals surface area contributed by atoms with Gasteiger partial charge in [-0.3, -0.25) is 4.90 Å². The minimum absolute atomic E-state index is 0.172. The predicted octanol–water partition coefficient (Wildman–Crippen LogP) is 2.68. The summed E-state index contributed by atoms with van der Waals surface area (Å²) < 4.78 is 30.0. The number of rotatable bonds is 4. The lowest BCUT2D eigenvalue weighted by molar-refractivity contribution is 0.200. The number of thiophene rings is 1. The standard InChI is InChI=1S/C21H24N4O3S2/c1-28-17-4-2-15(3-5-17)19-12-18-20(29-19)21(23-14-22-18)25-9-7-24(8-10-25)16-6-11-30(26,27)13-16/h2-5,12,14,16H,6-11,13H2,1H3. The van der Waals surface area contributed by atoms with E-state index in [1.54, 1.807) is 24.8 Å². The first-order valence-corrected chi connectivity index (χ1v) is 12.7. The van der Waals surface area contributed by atoms with E-state index >= 15 is 0 Å². The highest BCUT2D eigenvalue weighted by atomic mass is 32.2. The molecule has 2 aliphatic heterocycles. The zero-order valence-corrected chi connectivity index (χ0v) is 18.5. The lowest BCUT2D eigenvalue weighted by Gasteiger charge is -2.38. The van der Waals surface area contributed by atoms with Gasteiger partial charge in [-0.15, -0.1) is 11.3 Å².